The molecule has 0 bridgehead atoms. The maximum Gasteiger partial charge on any atom is 0.333 e. The molecule has 0 spiro atoms. The number of hydrogen-bond acceptors (Lipinski definition) is 4. The van der Waals surface area contributed by atoms with Gasteiger partial charge in [0.15, 0.2) is 5.78 Å². The first-order valence-corrected chi connectivity index (χ1v) is 6.19. The molecule has 0 aliphatic heterocycles. The van der Waals surface area contributed by atoms with Crippen LogP contribution in [0.1, 0.15) is 10.4 Å². The first-order valence-electron chi connectivity index (χ1n) is 5.02. The standard InChI is InChI=1S/C12H12BrClO4/c1-17-7-12(13,11(16)18-2)10(15)8-3-5-9(14)6-4-8/h3-6H,7H2,1-2H3. The highest BCUT2D eigenvalue weighted by Crippen LogP contribution is 2.26. The number of methoxy groups -OCH3 is 2. The third-order valence-corrected chi connectivity index (χ3v) is 3.48. The van der Waals surface area contributed by atoms with Crippen molar-refractivity contribution >= 4 is 39.3 Å². The average molecular weight is 336 g/mol. The van der Waals surface area contributed by atoms with Gasteiger partial charge in [-0.15, -0.1) is 0 Å². The summed E-state index contributed by atoms with van der Waals surface area (Å²) in [4.78, 5) is 24.0. The van der Waals surface area contributed by atoms with E-state index in [4.69, 9.17) is 16.3 Å². The molecule has 6 heteroatoms. The monoisotopic (exact) mass is 334 g/mol. The molecule has 1 aromatic rings. The Labute approximate surface area is 118 Å². The Hall–Kier alpha value is -0.910. The molecule has 0 amide bonds. The van der Waals surface area contributed by atoms with Gasteiger partial charge in [-0.25, -0.2) is 4.79 Å². The lowest BCUT2D eigenvalue weighted by atomic mass is 9.98. The van der Waals surface area contributed by atoms with Crippen LogP contribution in [0.25, 0.3) is 0 Å². The zero-order valence-corrected chi connectivity index (χ0v) is 12.2. The molecule has 1 rings (SSSR count). The first-order chi connectivity index (χ1) is 8.45. The van der Waals surface area contributed by atoms with Crippen molar-refractivity contribution in [3.05, 3.63) is 34.9 Å². The molecule has 0 N–H and O–H groups in total. The van der Waals surface area contributed by atoms with E-state index in [9.17, 15) is 9.59 Å². The van der Waals surface area contributed by atoms with Gasteiger partial charge >= 0.3 is 5.97 Å². The van der Waals surface area contributed by atoms with Crippen LogP contribution in [0.5, 0.6) is 0 Å². The highest BCUT2D eigenvalue weighted by molar-refractivity contribution is 9.10. The summed E-state index contributed by atoms with van der Waals surface area (Å²) in [6.45, 7) is -0.124. The predicted molar refractivity (Wildman–Crippen MR) is 71.3 cm³/mol. The summed E-state index contributed by atoms with van der Waals surface area (Å²) in [5.74, 6) is -1.14. The lowest BCUT2D eigenvalue weighted by Crippen LogP contribution is -2.45. The number of alkyl halides is 1. The smallest absolute Gasteiger partial charge is 0.333 e. The van der Waals surface area contributed by atoms with E-state index in [-0.39, 0.29) is 6.61 Å². The number of carbonyl (C=O) groups excluding carboxylic acids is 2. The molecule has 0 heterocycles. The van der Waals surface area contributed by atoms with E-state index in [0.717, 1.165) is 0 Å². The van der Waals surface area contributed by atoms with Gasteiger partial charge in [0.05, 0.1) is 13.7 Å². The van der Waals surface area contributed by atoms with Crippen LogP contribution < -0.4 is 0 Å². The van der Waals surface area contributed by atoms with E-state index >= 15 is 0 Å². The fourth-order valence-corrected chi connectivity index (χ4v) is 2.15. The molecule has 4 nitrogen and oxygen atoms in total. The maximum atomic E-state index is 12.3. The van der Waals surface area contributed by atoms with Crippen LogP contribution in [-0.2, 0) is 14.3 Å². The summed E-state index contributed by atoms with van der Waals surface area (Å²) in [5, 5.41) is 0.511. The number of rotatable bonds is 5. The van der Waals surface area contributed by atoms with Crippen molar-refractivity contribution in [1.82, 2.24) is 0 Å². The number of halogens is 2. The molecule has 1 aromatic carbocycles. The van der Waals surface area contributed by atoms with Gasteiger partial charge in [0, 0.05) is 17.7 Å². The normalized spacial score (nSPS) is 13.8. The van der Waals surface area contributed by atoms with Crippen molar-refractivity contribution in [2.45, 2.75) is 4.32 Å². The molecule has 1 unspecified atom stereocenters. The Morgan fingerprint density at radius 1 is 1.28 bits per heavy atom. The molecular formula is C12H12BrClO4. The van der Waals surface area contributed by atoms with E-state index in [2.05, 4.69) is 20.7 Å². The minimum absolute atomic E-state index is 0.124. The fourth-order valence-electron chi connectivity index (χ4n) is 1.41. The quantitative estimate of drug-likeness (QED) is 0.359. The maximum absolute atomic E-state index is 12.3. The highest BCUT2D eigenvalue weighted by atomic mass is 79.9. The molecule has 0 fully saturated rings. The number of ether oxygens (including phenoxy) is 2. The van der Waals surface area contributed by atoms with Crippen molar-refractivity contribution in [2.75, 3.05) is 20.8 Å². The Morgan fingerprint density at radius 3 is 2.28 bits per heavy atom. The first kappa shape index (κ1) is 15.1. The zero-order chi connectivity index (χ0) is 13.8. The molecule has 0 aliphatic carbocycles. The predicted octanol–water partition coefficient (Wildman–Crippen LogP) is 2.48. The molecule has 0 aromatic heterocycles. The number of hydrogen-bond donors (Lipinski definition) is 0. The number of carbonyl (C=O) groups is 2. The second-order valence-electron chi connectivity index (χ2n) is 3.56. The second kappa shape index (κ2) is 6.31. The highest BCUT2D eigenvalue weighted by Gasteiger charge is 2.45. The molecule has 18 heavy (non-hydrogen) atoms. The van der Waals surface area contributed by atoms with Crippen LogP contribution in [0.2, 0.25) is 5.02 Å². The Morgan fingerprint density at radius 2 is 1.83 bits per heavy atom. The molecular weight excluding hydrogens is 323 g/mol. The van der Waals surface area contributed by atoms with Crippen LogP contribution in [0, 0.1) is 0 Å². The van der Waals surface area contributed by atoms with E-state index in [1.165, 1.54) is 14.2 Å². The summed E-state index contributed by atoms with van der Waals surface area (Å²) < 4.78 is 7.99. The van der Waals surface area contributed by atoms with E-state index in [1.807, 2.05) is 0 Å². The second-order valence-corrected chi connectivity index (χ2v) is 5.35. The average Bonchev–Trinajstić information content (AvgIpc) is 2.38. The Balaban J connectivity index is 3.10. The summed E-state index contributed by atoms with van der Waals surface area (Å²) in [6.07, 6.45) is 0. The number of Topliss-reactive ketones (excluding diaryl/α,β-unsaturated/α-hetero) is 1. The molecule has 0 saturated heterocycles. The summed E-state index contributed by atoms with van der Waals surface area (Å²) in [6, 6.07) is 6.23. The van der Waals surface area contributed by atoms with Crippen molar-refractivity contribution in [3.63, 3.8) is 0 Å². The third kappa shape index (κ3) is 3.10. The molecule has 98 valence electrons. The third-order valence-electron chi connectivity index (χ3n) is 2.32. The molecule has 0 radical (unpaired) electrons. The Kier molecular flexibility index (Phi) is 5.31. The minimum atomic E-state index is -1.54. The lowest BCUT2D eigenvalue weighted by molar-refractivity contribution is -0.143. The molecule has 1 atom stereocenters. The largest absolute Gasteiger partial charge is 0.468 e. The minimum Gasteiger partial charge on any atom is -0.468 e. The van der Waals surface area contributed by atoms with Gasteiger partial charge in [0.1, 0.15) is 0 Å². The van der Waals surface area contributed by atoms with E-state index in [0.29, 0.717) is 10.6 Å². The van der Waals surface area contributed by atoms with Crippen molar-refractivity contribution in [3.8, 4) is 0 Å². The zero-order valence-electron chi connectivity index (χ0n) is 9.91. The van der Waals surface area contributed by atoms with Crippen LogP contribution >= 0.6 is 27.5 Å². The van der Waals surface area contributed by atoms with Crippen LogP contribution in [-0.4, -0.2) is 36.9 Å². The van der Waals surface area contributed by atoms with Gasteiger partial charge in [-0.2, -0.15) is 0 Å². The lowest BCUT2D eigenvalue weighted by Gasteiger charge is -2.22. The van der Waals surface area contributed by atoms with E-state index < -0.39 is 16.1 Å². The van der Waals surface area contributed by atoms with Gasteiger partial charge < -0.3 is 9.47 Å². The van der Waals surface area contributed by atoms with Gasteiger partial charge in [-0.3, -0.25) is 4.79 Å². The van der Waals surface area contributed by atoms with E-state index in [1.54, 1.807) is 24.3 Å². The summed E-state index contributed by atoms with van der Waals surface area (Å²) in [5.41, 5.74) is 0.346. The number of benzene rings is 1. The van der Waals surface area contributed by atoms with Crippen LogP contribution in [0.15, 0.2) is 24.3 Å². The molecule has 0 saturated carbocycles. The fraction of sp³-hybridized carbons (Fsp3) is 0.333. The van der Waals surface area contributed by atoms with Crippen molar-refractivity contribution < 1.29 is 19.1 Å². The topological polar surface area (TPSA) is 52.6 Å². The SMILES string of the molecule is COCC(Br)(C(=O)OC)C(=O)c1ccc(Cl)cc1. The summed E-state index contributed by atoms with van der Waals surface area (Å²) >= 11 is 8.85. The Bertz CT molecular complexity index is 446. The summed E-state index contributed by atoms with van der Waals surface area (Å²) in [7, 11) is 2.61. The molecule has 0 aliphatic rings. The van der Waals surface area contributed by atoms with Gasteiger partial charge in [-0.05, 0) is 24.3 Å². The number of ketones is 1. The van der Waals surface area contributed by atoms with Gasteiger partial charge in [0.25, 0.3) is 0 Å². The van der Waals surface area contributed by atoms with Crippen molar-refractivity contribution in [1.29, 1.82) is 0 Å². The van der Waals surface area contributed by atoms with Crippen LogP contribution in [0.3, 0.4) is 0 Å². The van der Waals surface area contributed by atoms with Crippen molar-refractivity contribution in [2.24, 2.45) is 0 Å². The van der Waals surface area contributed by atoms with Gasteiger partial charge in [-0.1, -0.05) is 27.5 Å². The van der Waals surface area contributed by atoms with Gasteiger partial charge in [0.2, 0.25) is 4.32 Å². The number of esters is 1. The van der Waals surface area contributed by atoms with Crippen LogP contribution in [0.4, 0.5) is 0 Å².